The van der Waals surface area contributed by atoms with Crippen LogP contribution in [-0.2, 0) is 30.0 Å². The third-order valence-electron chi connectivity index (χ3n) is 5.30. The Hall–Kier alpha value is -2.79. The predicted octanol–water partition coefficient (Wildman–Crippen LogP) is 5.81. The van der Waals surface area contributed by atoms with Gasteiger partial charge < -0.3 is 9.47 Å². The summed E-state index contributed by atoms with van der Waals surface area (Å²) in [5.74, 6) is -0.334. The number of benzene rings is 2. The van der Waals surface area contributed by atoms with Crippen molar-refractivity contribution in [1.82, 2.24) is 0 Å². The van der Waals surface area contributed by atoms with Crippen molar-refractivity contribution < 1.29 is 19.1 Å². The van der Waals surface area contributed by atoms with Gasteiger partial charge in [0.2, 0.25) is 0 Å². The van der Waals surface area contributed by atoms with Crippen molar-refractivity contribution in [2.45, 2.75) is 49.8 Å². The van der Waals surface area contributed by atoms with Crippen LogP contribution in [-0.4, -0.2) is 18.5 Å². The molecule has 0 spiro atoms. The maximum Gasteiger partial charge on any atom is 0.349 e. The van der Waals surface area contributed by atoms with Crippen LogP contribution in [0.4, 0.5) is 0 Å². The molecule has 0 heterocycles. The average molecular weight is 438 g/mol. The lowest BCUT2D eigenvalue weighted by Crippen LogP contribution is -2.28. The van der Waals surface area contributed by atoms with E-state index in [0.29, 0.717) is 18.6 Å². The van der Waals surface area contributed by atoms with Gasteiger partial charge in [0.25, 0.3) is 0 Å². The molecular weight excluding hydrogens is 408 g/mol. The number of carbonyl (C=O) groups excluding carboxylic acids is 2. The van der Waals surface area contributed by atoms with Gasteiger partial charge in [-0.05, 0) is 56.7 Å². The highest BCUT2D eigenvalue weighted by molar-refractivity contribution is 8.00. The molecule has 0 atom stereocenters. The zero-order chi connectivity index (χ0) is 22.3. The number of carbonyl (C=O) groups is 2. The van der Waals surface area contributed by atoms with Crippen molar-refractivity contribution in [3.05, 3.63) is 83.5 Å². The molecule has 0 aromatic heterocycles. The Bertz CT molecular complexity index is 922. The molecule has 5 heteroatoms. The predicted molar refractivity (Wildman–Crippen MR) is 123 cm³/mol. The number of ether oxygens (including phenoxy) is 2. The van der Waals surface area contributed by atoms with E-state index < -0.39 is 11.4 Å². The molecule has 0 amide bonds. The van der Waals surface area contributed by atoms with Crippen LogP contribution in [0.1, 0.15) is 40.0 Å². The van der Waals surface area contributed by atoms with E-state index in [0.717, 1.165) is 6.42 Å². The van der Waals surface area contributed by atoms with Crippen molar-refractivity contribution >= 4 is 22.8 Å². The first kappa shape index (κ1) is 22.9. The van der Waals surface area contributed by atoms with Gasteiger partial charge in [-0.3, -0.25) is 4.79 Å². The van der Waals surface area contributed by atoms with Gasteiger partial charge in [-0.25, -0.2) is 4.79 Å². The highest BCUT2D eigenvalue weighted by atomic mass is 32.2. The zero-order valence-electron chi connectivity index (χ0n) is 18.3. The van der Waals surface area contributed by atoms with Gasteiger partial charge in [0.1, 0.15) is 10.7 Å². The SMILES string of the molecule is CCC(C)(C)C(=O)OCC(=O)OC1=CC=C([S+](c2ccccc2)c2ccccc2)CC1. The van der Waals surface area contributed by atoms with Crippen molar-refractivity contribution in [1.29, 1.82) is 0 Å². The minimum atomic E-state index is -0.604. The highest BCUT2D eigenvalue weighted by Gasteiger charge is 2.32. The van der Waals surface area contributed by atoms with E-state index in [4.69, 9.17) is 9.47 Å². The van der Waals surface area contributed by atoms with E-state index in [1.54, 1.807) is 13.8 Å². The van der Waals surface area contributed by atoms with Gasteiger partial charge in [-0.1, -0.05) is 43.3 Å². The molecule has 2 aromatic rings. The molecule has 0 aliphatic heterocycles. The van der Waals surface area contributed by atoms with Crippen molar-refractivity contribution in [3.63, 3.8) is 0 Å². The molecule has 3 rings (SSSR count). The number of rotatable bonds is 8. The standard InChI is InChI=1S/C26H29O4S/c1-4-26(2,3)25(28)29-19-24(27)30-20-15-17-23(18-16-20)31(21-11-7-5-8-12-21)22-13-9-6-10-14-22/h5-15,17H,4,16,18-19H2,1-3H3/q+1. The second-order valence-corrected chi connectivity index (χ2v) is 10.1. The average Bonchev–Trinajstić information content (AvgIpc) is 2.80. The second-order valence-electron chi connectivity index (χ2n) is 7.99. The van der Waals surface area contributed by atoms with E-state index >= 15 is 0 Å². The highest BCUT2D eigenvalue weighted by Crippen LogP contribution is 2.35. The Morgan fingerprint density at radius 2 is 1.48 bits per heavy atom. The Labute approximate surface area is 187 Å². The van der Waals surface area contributed by atoms with Gasteiger partial charge >= 0.3 is 11.9 Å². The van der Waals surface area contributed by atoms with Gasteiger partial charge in [-0.15, -0.1) is 0 Å². The van der Waals surface area contributed by atoms with E-state index in [1.807, 2.05) is 25.1 Å². The Morgan fingerprint density at radius 3 is 1.97 bits per heavy atom. The summed E-state index contributed by atoms with van der Waals surface area (Å²) >= 11 is 0. The van der Waals surface area contributed by atoms with Crippen molar-refractivity contribution in [2.75, 3.05) is 6.61 Å². The molecule has 0 N–H and O–H groups in total. The van der Waals surface area contributed by atoms with Crippen LogP contribution in [0.3, 0.4) is 0 Å². The summed E-state index contributed by atoms with van der Waals surface area (Å²) in [5, 5.41) is 0. The normalized spacial score (nSPS) is 13.9. The summed E-state index contributed by atoms with van der Waals surface area (Å²) < 4.78 is 10.6. The molecule has 0 fully saturated rings. The van der Waals surface area contributed by atoms with Crippen LogP contribution in [0.25, 0.3) is 0 Å². The number of allylic oxidation sites excluding steroid dienone is 4. The van der Waals surface area contributed by atoms with Crippen molar-refractivity contribution in [3.8, 4) is 0 Å². The first-order chi connectivity index (χ1) is 14.9. The van der Waals surface area contributed by atoms with Crippen LogP contribution in [0.15, 0.2) is 93.3 Å². The molecule has 2 aromatic carbocycles. The topological polar surface area (TPSA) is 52.6 Å². The summed E-state index contributed by atoms with van der Waals surface area (Å²) in [4.78, 5) is 28.0. The van der Waals surface area contributed by atoms with E-state index in [1.165, 1.54) is 14.7 Å². The lowest BCUT2D eigenvalue weighted by Gasteiger charge is -2.20. The molecule has 0 saturated heterocycles. The molecule has 0 unspecified atom stereocenters. The maximum atomic E-state index is 12.1. The summed E-state index contributed by atoms with van der Waals surface area (Å²) in [6, 6.07) is 20.9. The van der Waals surface area contributed by atoms with Crippen LogP contribution in [0.2, 0.25) is 0 Å². The van der Waals surface area contributed by atoms with Gasteiger partial charge in [0.05, 0.1) is 16.3 Å². The van der Waals surface area contributed by atoms with Gasteiger partial charge in [0.15, 0.2) is 16.4 Å². The fraction of sp³-hybridized carbons (Fsp3) is 0.308. The number of hydrogen-bond acceptors (Lipinski definition) is 4. The maximum absolute atomic E-state index is 12.1. The summed E-state index contributed by atoms with van der Waals surface area (Å²) in [6.45, 7) is 5.14. The quantitative estimate of drug-likeness (QED) is 0.386. The Morgan fingerprint density at radius 1 is 0.903 bits per heavy atom. The van der Waals surface area contributed by atoms with E-state index in [2.05, 4.69) is 54.6 Å². The van der Waals surface area contributed by atoms with Crippen LogP contribution < -0.4 is 0 Å². The largest absolute Gasteiger partial charge is 0.453 e. The monoisotopic (exact) mass is 437 g/mol. The molecule has 0 bridgehead atoms. The minimum absolute atomic E-state index is 0.179. The van der Waals surface area contributed by atoms with E-state index in [-0.39, 0.29) is 23.5 Å². The first-order valence-corrected chi connectivity index (χ1v) is 11.7. The Kier molecular flexibility index (Phi) is 7.75. The summed E-state index contributed by atoms with van der Waals surface area (Å²) in [7, 11) is -0.179. The molecule has 0 radical (unpaired) electrons. The van der Waals surface area contributed by atoms with Gasteiger partial charge in [-0.2, -0.15) is 0 Å². The van der Waals surface area contributed by atoms with Crippen LogP contribution >= 0.6 is 0 Å². The number of esters is 2. The van der Waals surface area contributed by atoms with Crippen LogP contribution in [0, 0.1) is 5.41 Å². The Balaban J connectivity index is 1.68. The summed E-state index contributed by atoms with van der Waals surface area (Å²) in [6.07, 6.45) is 6.00. The van der Waals surface area contributed by atoms with Crippen molar-refractivity contribution in [2.24, 2.45) is 5.41 Å². The third kappa shape index (κ3) is 6.11. The second kappa shape index (κ2) is 10.5. The molecule has 1 aliphatic carbocycles. The molecule has 1 aliphatic rings. The lowest BCUT2D eigenvalue weighted by molar-refractivity contribution is -0.163. The first-order valence-electron chi connectivity index (χ1n) is 10.5. The fourth-order valence-corrected chi connectivity index (χ4v) is 5.29. The molecule has 162 valence electrons. The minimum Gasteiger partial charge on any atom is -0.453 e. The summed E-state index contributed by atoms with van der Waals surface area (Å²) in [5.41, 5.74) is -0.604. The van der Waals surface area contributed by atoms with Gasteiger partial charge in [0, 0.05) is 12.8 Å². The molecule has 31 heavy (non-hydrogen) atoms. The zero-order valence-corrected chi connectivity index (χ0v) is 19.1. The smallest absolute Gasteiger partial charge is 0.349 e. The molecule has 4 nitrogen and oxygen atoms in total. The fourth-order valence-electron chi connectivity index (χ4n) is 3.05. The molecule has 0 saturated carbocycles. The molecular formula is C26H29O4S+. The number of hydrogen-bond donors (Lipinski definition) is 0. The van der Waals surface area contributed by atoms with Crippen LogP contribution in [0.5, 0.6) is 0 Å². The lowest BCUT2D eigenvalue weighted by atomic mass is 9.91. The third-order valence-corrected chi connectivity index (χ3v) is 7.65. The van der Waals surface area contributed by atoms with E-state index in [9.17, 15) is 9.59 Å².